The van der Waals surface area contributed by atoms with E-state index in [1.807, 2.05) is 0 Å². The van der Waals surface area contributed by atoms with Gasteiger partial charge in [0.25, 0.3) is 0 Å². The maximum Gasteiger partial charge on any atom is 0.0343 e. The normalized spacial score (nSPS) is 18.1. The predicted molar refractivity (Wildman–Crippen MR) is 79.8 cm³/mol. The van der Waals surface area contributed by atoms with Gasteiger partial charge < -0.3 is 10.6 Å². The van der Waals surface area contributed by atoms with E-state index in [4.69, 9.17) is 0 Å². The molecule has 0 radical (unpaired) electrons. The fraction of sp³-hybridized carbons (Fsp3) is 0.538. The van der Waals surface area contributed by atoms with Crippen LogP contribution in [-0.2, 0) is 6.42 Å². The Bertz CT molecular complexity index is 312. The van der Waals surface area contributed by atoms with Crippen molar-refractivity contribution in [2.75, 3.05) is 18.4 Å². The van der Waals surface area contributed by atoms with Crippen molar-refractivity contribution in [3.8, 4) is 0 Å². The fourth-order valence-electron chi connectivity index (χ4n) is 2.07. The van der Waals surface area contributed by atoms with Crippen LogP contribution in [0.4, 0.5) is 5.69 Å². The summed E-state index contributed by atoms with van der Waals surface area (Å²) in [5.74, 6) is 0. The van der Waals surface area contributed by atoms with E-state index in [0.29, 0.717) is 6.04 Å². The van der Waals surface area contributed by atoms with Crippen molar-refractivity contribution in [1.82, 2.24) is 5.32 Å². The molecule has 1 saturated heterocycles. The molecule has 1 aromatic carbocycles. The maximum atomic E-state index is 3.50. The molecular formula is C13H22Cl2N2. The van der Waals surface area contributed by atoms with Gasteiger partial charge in [0.1, 0.15) is 0 Å². The van der Waals surface area contributed by atoms with Crippen LogP contribution in [0.3, 0.4) is 0 Å². The van der Waals surface area contributed by atoms with Crippen molar-refractivity contribution in [3.63, 3.8) is 0 Å². The highest BCUT2D eigenvalue weighted by molar-refractivity contribution is 5.85. The maximum absolute atomic E-state index is 3.50. The van der Waals surface area contributed by atoms with E-state index in [-0.39, 0.29) is 24.8 Å². The third-order valence-corrected chi connectivity index (χ3v) is 3.05. The summed E-state index contributed by atoms with van der Waals surface area (Å²) in [6, 6.07) is 9.36. The van der Waals surface area contributed by atoms with Crippen LogP contribution in [0.25, 0.3) is 0 Å². The van der Waals surface area contributed by atoms with Gasteiger partial charge in [0.05, 0.1) is 0 Å². The molecule has 0 bridgehead atoms. The van der Waals surface area contributed by atoms with Crippen molar-refractivity contribution in [2.24, 2.45) is 0 Å². The summed E-state index contributed by atoms with van der Waals surface area (Å²) < 4.78 is 0. The van der Waals surface area contributed by atoms with Crippen LogP contribution in [0.15, 0.2) is 24.3 Å². The highest BCUT2D eigenvalue weighted by Crippen LogP contribution is 2.12. The van der Waals surface area contributed by atoms with Gasteiger partial charge in [-0.25, -0.2) is 0 Å². The van der Waals surface area contributed by atoms with Crippen molar-refractivity contribution in [3.05, 3.63) is 29.8 Å². The highest BCUT2D eigenvalue weighted by atomic mass is 35.5. The lowest BCUT2D eigenvalue weighted by atomic mass is 10.1. The van der Waals surface area contributed by atoms with Crippen LogP contribution in [0.5, 0.6) is 0 Å². The van der Waals surface area contributed by atoms with Gasteiger partial charge in [-0.3, -0.25) is 0 Å². The molecule has 0 saturated carbocycles. The molecule has 0 aliphatic carbocycles. The first-order chi connectivity index (χ1) is 7.38. The van der Waals surface area contributed by atoms with E-state index in [9.17, 15) is 0 Å². The second-order valence-corrected chi connectivity index (χ2v) is 4.23. The number of benzene rings is 1. The van der Waals surface area contributed by atoms with Gasteiger partial charge in [-0.2, -0.15) is 0 Å². The van der Waals surface area contributed by atoms with Crippen LogP contribution in [0.1, 0.15) is 25.3 Å². The monoisotopic (exact) mass is 276 g/mol. The number of rotatable bonds is 4. The van der Waals surface area contributed by atoms with Gasteiger partial charge in [0.15, 0.2) is 0 Å². The topological polar surface area (TPSA) is 24.1 Å². The van der Waals surface area contributed by atoms with Crippen LogP contribution in [-0.4, -0.2) is 19.1 Å². The molecule has 1 heterocycles. The lowest BCUT2D eigenvalue weighted by Crippen LogP contribution is -2.29. The Hall–Kier alpha value is -0.440. The van der Waals surface area contributed by atoms with Crippen molar-refractivity contribution >= 4 is 30.5 Å². The summed E-state index contributed by atoms with van der Waals surface area (Å²) in [7, 11) is 0. The molecule has 0 aromatic heterocycles. The van der Waals surface area contributed by atoms with Gasteiger partial charge in [-0.1, -0.05) is 19.1 Å². The molecule has 17 heavy (non-hydrogen) atoms. The Kier molecular flexibility index (Phi) is 8.40. The standard InChI is InChI=1S/C13H20N2.2ClH/c1-2-11-5-3-6-12(9-11)15-10-13-7-4-8-14-13;;/h3,5-6,9,13-15H,2,4,7-8,10H2,1H3;2*1H/t13-;;/m0../s1. The van der Waals surface area contributed by atoms with Crippen LogP contribution in [0.2, 0.25) is 0 Å². The third-order valence-electron chi connectivity index (χ3n) is 3.05. The van der Waals surface area contributed by atoms with Gasteiger partial charge in [-0.05, 0) is 43.5 Å². The van der Waals surface area contributed by atoms with Crippen LogP contribution >= 0.6 is 24.8 Å². The van der Waals surface area contributed by atoms with Crippen molar-refractivity contribution < 1.29 is 0 Å². The first-order valence-corrected chi connectivity index (χ1v) is 5.94. The Morgan fingerprint density at radius 1 is 1.35 bits per heavy atom. The quantitative estimate of drug-likeness (QED) is 0.882. The summed E-state index contributed by atoms with van der Waals surface area (Å²) >= 11 is 0. The number of halogens is 2. The van der Waals surface area contributed by atoms with E-state index in [2.05, 4.69) is 41.8 Å². The molecule has 98 valence electrons. The number of aryl methyl sites for hydroxylation is 1. The summed E-state index contributed by atoms with van der Waals surface area (Å²) in [6.45, 7) is 4.42. The fourth-order valence-corrected chi connectivity index (χ4v) is 2.07. The van der Waals surface area contributed by atoms with E-state index in [1.165, 1.54) is 30.6 Å². The summed E-state index contributed by atoms with van der Waals surface area (Å²) in [4.78, 5) is 0. The number of hydrogen-bond acceptors (Lipinski definition) is 2. The molecular weight excluding hydrogens is 255 g/mol. The molecule has 1 aromatic rings. The first kappa shape index (κ1) is 16.6. The molecule has 1 aliphatic heterocycles. The summed E-state index contributed by atoms with van der Waals surface area (Å²) in [5, 5.41) is 6.99. The van der Waals surface area contributed by atoms with E-state index >= 15 is 0 Å². The third kappa shape index (κ3) is 5.15. The molecule has 4 heteroatoms. The molecule has 1 fully saturated rings. The minimum absolute atomic E-state index is 0. The summed E-state index contributed by atoms with van der Waals surface area (Å²) in [6.07, 6.45) is 3.74. The molecule has 0 unspecified atom stereocenters. The average molecular weight is 277 g/mol. The Morgan fingerprint density at radius 2 is 2.18 bits per heavy atom. The lowest BCUT2D eigenvalue weighted by molar-refractivity contribution is 0.633. The average Bonchev–Trinajstić information content (AvgIpc) is 2.79. The van der Waals surface area contributed by atoms with Crippen molar-refractivity contribution in [2.45, 2.75) is 32.2 Å². The number of anilines is 1. The SMILES string of the molecule is CCc1cccc(NC[C@@H]2CCCN2)c1.Cl.Cl. The van der Waals surface area contributed by atoms with E-state index in [0.717, 1.165) is 13.0 Å². The molecule has 0 spiro atoms. The highest BCUT2D eigenvalue weighted by Gasteiger charge is 2.12. The Morgan fingerprint density at radius 3 is 2.82 bits per heavy atom. The zero-order valence-electron chi connectivity index (χ0n) is 10.2. The second-order valence-electron chi connectivity index (χ2n) is 4.23. The van der Waals surface area contributed by atoms with Gasteiger partial charge in [-0.15, -0.1) is 24.8 Å². The first-order valence-electron chi connectivity index (χ1n) is 5.94. The smallest absolute Gasteiger partial charge is 0.0343 e. The summed E-state index contributed by atoms with van der Waals surface area (Å²) in [5.41, 5.74) is 2.66. The number of hydrogen-bond donors (Lipinski definition) is 2. The Balaban J connectivity index is 0.00000128. The molecule has 1 atom stereocenters. The minimum atomic E-state index is 0. The lowest BCUT2D eigenvalue weighted by Gasteiger charge is -2.13. The van der Waals surface area contributed by atoms with Crippen LogP contribution in [0, 0.1) is 0 Å². The Labute approximate surface area is 116 Å². The largest absolute Gasteiger partial charge is 0.383 e. The minimum Gasteiger partial charge on any atom is -0.383 e. The van der Waals surface area contributed by atoms with Crippen molar-refractivity contribution in [1.29, 1.82) is 0 Å². The molecule has 2 nitrogen and oxygen atoms in total. The predicted octanol–water partition coefficient (Wildman–Crippen LogP) is 3.26. The zero-order valence-corrected chi connectivity index (χ0v) is 11.9. The van der Waals surface area contributed by atoms with Gasteiger partial charge in [0, 0.05) is 18.3 Å². The van der Waals surface area contributed by atoms with Gasteiger partial charge in [0.2, 0.25) is 0 Å². The molecule has 1 aliphatic rings. The second kappa shape index (κ2) is 8.62. The van der Waals surface area contributed by atoms with E-state index < -0.39 is 0 Å². The molecule has 2 rings (SSSR count). The molecule has 0 amide bonds. The van der Waals surface area contributed by atoms with Crippen LogP contribution < -0.4 is 10.6 Å². The zero-order chi connectivity index (χ0) is 10.5. The van der Waals surface area contributed by atoms with E-state index in [1.54, 1.807) is 0 Å². The number of nitrogens with one attached hydrogen (secondary N) is 2. The van der Waals surface area contributed by atoms with Gasteiger partial charge >= 0.3 is 0 Å². The molecule has 2 N–H and O–H groups in total.